The fourth-order valence-corrected chi connectivity index (χ4v) is 2.34. The summed E-state index contributed by atoms with van der Waals surface area (Å²) in [7, 11) is 1.39. The van der Waals surface area contributed by atoms with Gasteiger partial charge in [-0.2, -0.15) is 0 Å². The Morgan fingerprint density at radius 3 is 1.50 bits per heavy atom. The van der Waals surface area contributed by atoms with Crippen LogP contribution in [0.2, 0.25) is 0 Å². The fourth-order valence-electron chi connectivity index (χ4n) is 2.34. The molecule has 0 amide bonds. The lowest BCUT2D eigenvalue weighted by Crippen LogP contribution is -2.12. The van der Waals surface area contributed by atoms with E-state index in [4.69, 9.17) is 18.9 Å². The summed E-state index contributed by atoms with van der Waals surface area (Å²) in [6.45, 7) is 7.09. The molecule has 0 saturated carbocycles. The van der Waals surface area contributed by atoms with Crippen LogP contribution in [-0.4, -0.2) is 65.9 Å². The molecule has 0 saturated heterocycles. The lowest BCUT2D eigenvalue weighted by atomic mass is 10.1. The van der Waals surface area contributed by atoms with Gasteiger partial charge in [0.05, 0.1) is 46.8 Å². The summed E-state index contributed by atoms with van der Waals surface area (Å²) >= 11 is 0. The Hall–Kier alpha value is -0.690. The number of unbranched alkanes of at least 4 members (excludes halogenated alkanes) is 6. The van der Waals surface area contributed by atoms with Crippen LogP contribution >= 0.6 is 0 Å². The SMILES string of the molecule is CCCCCCCCCOCCOCCOCCOCCCC(=O)OC. The van der Waals surface area contributed by atoms with Crippen molar-refractivity contribution in [3.05, 3.63) is 0 Å². The molecule has 26 heavy (non-hydrogen) atoms. The quantitative estimate of drug-likeness (QED) is 0.224. The van der Waals surface area contributed by atoms with Crippen molar-refractivity contribution in [2.75, 3.05) is 60.0 Å². The molecule has 0 heterocycles. The minimum atomic E-state index is -0.201. The third-order valence-electron chi connectivity index (χ3n) is 3.91. The van der Waals surface area contributed by atoms with E-state index in [0.29, 0.717) is 59.1 Å². The number of rotatable bonds is 21. The molecule has 0 spiro atoms. The molecule has 0 aromatic rings. The predicted molar refractivity (Wildman–Crippen MR) is 103 cm³/mol. The van der Waals surface area contributed by atoms with Crippen LogP contribution < -0.4 is 0 Å². The minimum absolute atomic E-state index is 0.201. The Bertz CT molecular complexity index is 285. The largest absolute Gasteiger partial charge is 0.469 e. The van der Waals surface area contributed by atoms with Crippen LogP contribution in [0.4, 0.5) is 0 Å². The Morgan fingerprint density at radius 2 is 1.00 bits per heavy atom. The van der Waals surface area contributed by atoms with E-state index in [9.17, 15) is 4.79 Å². The van der Waals surface area contributed by atoms with Crippen LogP contribution in [0.25, 0.3) is 0 Å². The molecule has 6 nitrogen and oxygen atoms in total. The van der Waals surface area contributed by atoms with Gasteiger partial charge in [-0.15, -0.1) is 0 Å². The molecule has 6 heteroatoms. The first-order valence-corrected chi connectivity index (χ1v) is 10.2. The van der Waals surface area contributed by atoms with Crippen molar-refractivity contribution in [3.8, 4) is 0 Å². The van der Waals surface area contributed by atoms with Gasteiger partial charge in [0.2, 0.25) is 0 Å². The summed E-state index contributed by atoms with van der Waals surface area (Å²) in [5, 5.41) is 0. The standard InChI is InChI=1S/C20H40O6/c1-3-4-5-6-7-8-9-12-23-14-16-25-18-19-26-17-15-24-13-10-11-20(21)22-2/h3-19H2,1-2H3. The molecule has 0 N–H and O–H groups in total. The van der Waals surface area contributed by atoms with E-state index in [1.165, 1.54) is 45.6 Å². The first kappa shape index (κ1) is 25.3. The monoisotopic (exact) mass is 376 g/mol. The zero-order valence-corrected chi connectivity index (χ0v) is 17.0. The van der Waals surface area contributed by atoms with E-state index in [0.717, 1.165) is 13.0 Å². The van der Waals surface area contributed by atoms with E-state index in [-0.39, 0.29) is 5.97 Å². The van der Waals surface area contributed by atoms with Gasteiger partial charge in [-0.3, -0.25) is 4.79 Å². The van der Waals surface area contributed by atoms with E-state index >= 15 is 0 Å². The summed E-state index contributed by atoms with van der Waals surface area (Å²) in [6.07, 6.45) is 10.2. The lowest BCUT2D eigenvalue weighted by Gasteiger charge is -2.07. The second-order valence-corrected chi connectivity index (χ2v) is 6.25. The molecule has 0 fully saturated rings. The first-order chi connectivity index (χ1) is 12.8. The number of methoxy groups -OCH3 is 1. The normalized spacial score (nSPS) is 11.0. The molecule has 0 aromatic heterocycles. The van der Waals surface area contributed by atoms with Crippen molar-refractivity contribution in [2.24, 2.45) is 0 Å². The predicted octanol–water partition coefficient (Wildman–Crippen LogP) is 3.76. The van der Waals surface area contributed by atoms with Crippen LogP contribution in [-0.2, 0) is 28.5 Å². The zero-order valence-electron chi connectivity index (χ0n) is 17.0. The van der Waals surface area contributed by atoms with Crippen LogP contribution in [0.15, 0.2) is 0 Å². The smallest absolute Gasteiger partial charge is 0.305 e. The molecular formula is C20H40O6. The average molecular weight is 377 g/mol. The van der Waals surface area contributed by atoms with Gasteiger partial charge < -0.3 is 23.7 Å². The number of carbonyl (C=O) groups is 1. The Morgan fingerprint density at radius 1 is 0.577 bits per heavy atom. The van der Waals surface area contributed by atoms with E-state index < -0.39 is 0 Å². The number of hydrogen-bond donors (Lipinski definition) is 0. The van der Waals surface area contributed by atoms with Gasteiger partial charge in [-0.05, 0) is 12.8 Å². The number of ether oxygens (including phenoxy) is 5. The van der Waals surface area contributed by atoms with Crippen LogP contribution in [0.3, 0.4) is 0 Å². The first-order valence-electron chi connectivity index (χ1n) is 10.2. The molecular weight excluding hydrogens is 336 g/mol. The lowest BCUT2D eigenvalue weighted by molar-refractivity contribution is -0.141. The van der Waals surface area contributed by atoms with E-state index in [1.54, 1.807) is 0 Å². The van der Waals surface area contributed by atoms with Crippen molar-refractivity contribution in [1.82, 2.24) is 0 Å². The van der Waals surface area contributed by atoms with Gasteiger partial charge in [-0.25, -0.2) is 0 Å². The molecule has 0 aliphatic heterocycles. The highest BCUT2D eigenvalue weighted by molar-refractivity contribution is 5.68. The fraction of sp³-hybridized carbons (Fsp3) is 0.950. The van der Waals surface area contributed by atoms with Crippen molar-refractivity contribution >= 4 is 5.97 Å². The number of hydrogen-bond acceptors (Lipinski definition) is 6. The molecule has 0 radical (unpaired) electrons. The molecule has 0 rings (SSSR count). The van der Waals surface area contributed by atoms with E-state index in [2.05, 4.69) is 11.7 Å². The summed E-state index contributed by atoms with van der Waals surface area (Å²) in [5.74, 6) is -0.201. The third kappa shape index (κ3) is 21.4. The Labute approximate surface area is 159 Å². The second kappa shape index (κ2) is 22.4. The Balaban J connectivity index is 3.00. The third-order valence-corrected chi connectivity index (χ3v) is 3.91. The van der Waals surface area contributed by atoms with E-state index in [1.807, 2.05) is 0 Å². The molecule has 0 aliphatic rings. The van der Waals surface area contributed by atoms with Crippen molar-refractivity contribution in [1.29, 1.82) is 0 Å². The molecule has 0 aliphatic carbocycles. The van der Waals surface area contributed by atoms with Gasteiger partial charge in [0.15, 0.2) is 0 Å². The highest BCUT2D eigenvalue weighted by Crippen LogP contribution is 2.06. The summed E-state index contributed by atoms with van der Waals surface area (Å²) in [4.78, 5) is 10.9. The van der Waals surface area contributed by atoms with Crippen LogP contribution in [0.5, 0.6) is 0 Å². The van der Waals surface area contributed by atoms with Gasteiger partial charge in [0.1, 0.15) is 0 Å². The molecule has 0 atom stereocenters. The van der Waals surface area contributed by atoms with Crippen LogP contribution in [0, 0.1) is 0 Å². The van der Waals surface area contributed by atoms with Gasteiger partial charge >= 0.3 is 5.97 Å². The number of esters is 1. The maximum atomic E-state index is 10.9. The molecule has 0 unspecified atom stereocenters. The Kier molecular flexibility index (Phi) is 21.8. The summed E-state index contributed by atoms with van der Waals surface area (Å²) < 4.78 is 26.3. The van der Waals surface area contributed by atoms with Crippen LogP contribution in [0.1, 0.15) is 64.7 Å². The second-order valence-electron chi connectivity index (χ2n) is 6.25. The van der Waals surface area contributed by atoms with Crippen molar-refractivity contribution < 1.29 is 28.5 Å². The maximum Gasteiger partial charge on any atom is 0.305 e. The van der Waals surface area contributed by atoms with Crippen molar-refractivity contribution in [2.45, 2.75) is 64.7 Å². The van der Waals surface area contributed by atoms with Crippen molar-refractivity contribution in [3.63, 3.8) is 0 Å². The number of carbonyl (C=O) groups excluding carboxylic acids is 1. The highest BCUT2D eigenvalue weighted by atomic mass is 16.6. The van der Waals surface area contributed by atoms with Gasteiger partial charge in [0.25, 0.3) is 0 Å². The summed E-state index contributed by atoms with van der Waals surface area (Å²) in [5.41, 5.74) is 0. The minimum Gasteiger partial charge on any atom is -0.469 e. The molecule has 0 aromatic carbocycles. The van der Waals surface area contributed by atoms with Gasteiger partial charge in [0, 0.05) is 19.6 Å². The highest BCUT2D eigenvalue weighted by Gasteiger charge is 1.99. The molecule has 0 bridgehead atoms. The zero-order chi connectivity index (χ0) is 19.1. The topological polar surface area (TPSA) is 63.2 Å². The maximum absolute atomic E-state index is 10.9. The molecule has 156 valence electrons. The summed E-state index contributed by atoms with van der Waals surface area (Å²) in [6, 6.07) is 0. The van der Waals surface area contributed by atoms with Gasteiger partial charge in [-0.1, -0.05) is 45.4 Å². The average Bonchev–Trinajstić information content (AvgIpc) is 2.66.